The van der Waals surface area contributed by atoms with Crippen molar-refractivity contribution in [2.45, 2.75) is 51.5 Å². The first-order chi connectivity index (χ1) is 12.7. The van der Waals surface area contributed by atoms with E-state index >= 15 is 0 Å². The topological polar surface area (TPSA) is 68.3 Å². The lowest BCUT2D eigenvalue weighted by Crippen LogP contribution is -2.45. The fourth-order valence-corrected chi connectivity index (χ4v) is 4.19. The summed E-state index contributed by atoms with van der Waals surface area (Å²) in [6.07, 6.45) is 5.41. The molecule has 1 aliphatic rings. The van der Waals surface area contributed by atoms with E-state index in [2.05, 4.69) is 17.2 Å². The molecule has 1 N–H and O–H groups in total. The average molecular weight is 375 g/mol. The zero-order valence-electron chi connectivity index (χ0n) is 15.2. The number of unbranched alkanes of at least 4 members (excludes halogenated alkanes) is 2. The second-order valence-electron chi connectivity index (χ2n) is 6.82. The number of hydrogen-bond acceptors (Lipinski definition) is 5. The number of Topliss-reactive ketones (excluding diaryl/α,β-unsaturated/α-hetero) is 1. The lowest BCUT2D eigenvalue weighted by molar-refractivity contribution is -0.129. The zero-order chi connectivity index (χ0) is 18.4. The van der Waals surface area contributed by atoms with Gasteiger partial charge in [-0.3, -0.25) is 9.59 Å². The third kappa shape index (κ3) is 4.68. The summed E-state index contributed by atoms with van der Waals surface area (Å²) in [6, 6.07) is 7.23. The van der Waals surface area contributed by atoms with Crippen LogP contribution in [0.3, 0.4) is 0 Å². The number of para-hydroxylation sites is 1. The van der Waals surface area contributed by atoms with Gasteiger partial charge >= 0.3 is 0 Å². The third-order valence-corrected chi connectivity index (χ3v) is 5.82. The van der Waals surface area contributed by atoms with Crippen molar-refractivity contribution >= 4 is 33.2 Å². The number of carbonyl (C=O) groups excluding carboxylic acids is 2. The van der Waals surface area contributed by atoms with Crippen LogP contribution in [0, 0.1) is 5.92 Å². The standard InChI is InChI=1S/C20H26N2O3S/c1-2-3-4-10-16(21-19(24)14-8-7-12-25-13-14)18(23)20-22-15-9-5-6-11-17(15)26-20/h5-6,9,11,14,16H,2-4,7-8,10,12-13H2,1H3,(H,21,24)/t14?,16-/m0/s1. The molecular weight excluding hydrogens is 348 g/mol. The van der Waals surface area contributed by atoms with Crippen molar-refractivity contribution in [3.63, 3.8) is 0 Å². The maximum absolute atomic E-state index is 13.0. The van der Waals surface area contributed by atoms with E-state index in [1.165, 1.54) is 11.3 Å². The zero-order valence-corrected chi connectivity index (χ0v) is 16.0. The summed E-state index contributed by atoms with van der Waals surface area (Å²) in [5.74, 6) is -0.298. The Kier molecular flexibility index (Phi) is 6.74. The van der Waals surface area contributed by atoms with Crippen molar-refractivity contribution in [2.24, 2.45) is 5.92 Å². The number of nitrogens with one attached hydrogen (secondary N) is 1. The molecule has 0 aliphatic carbocycles. The molecule has 0 bridgehead atoms. The van der Waals surface area contributed by atoms with Gasteiger partial charge in [0.15, 0.2) is 5.01 Å². The van der Waals surface area contributed by atoms with Gasteiger partial charge in [0.2, 0.25) is 11.7 Å². The predicted octanol–water partition coefficient (Wildman–Crippen LogP) is 3.97. The van der Waals surface area contributed by atoms with Gasteiger partial charge in [-0.15, -0.1) is 11.3 Å². The summed E-state index contributed by atoms with van der Waals surface area (Å²) in [5, 5.41) is 3.47. The van der Waals surface area contributed by atoms with Gasteiger partial charge in [0.05, 0.1) is 28.8 Å². The van der Waals surface area contributed by atoms with Gasteiger partial charge in [-0.25, -0.2) is 4.98 Å². The molecule has 1 amide bonds. The maximum atomic E-state index is 13.0. The normalized spacial score (nSPS) is 18.6. The van der Waals surface area contributed by atoms with Crippen LogP contribution in [0.1, 0.15) is 55.3 Å². The first-order valence-electron chi connectivity index (χ1n) is 9.47. The van der Waals surface area contributed by atoms with Gasteiger partial charge < -0.3 is 10.1 Å². The molecule has 1 aliphatic heterocycles. The molecule has 1 fully saturated rings. The van der Waals surface area contributed by atoms with Gasteiger partial charge in [0.1, 0.15) is 0 Å². The van der Waals surface area contributed by atoms with Gasteiger partial charge in [-0.2, -0.15) is 0 Å². The van der Waals surface area contributed by atoms with Crippen molar-refractivity contribution in [1.29, 1.82) is 0 Å². The van der Waals surface area contributed by atoms with E-state index in [0.29, 0.717) is 24.6 Å². The molecule has 140 valence electrons. The Morgan fingerprint density at radius 1 is 1.35 bits per heavy atom. The molecular formula is C20H26N2O3S. The van der Waals surface area contributed by atoms with Gasteiger partial charge in [-0.05, 0) is 31.4 Å². The molecule has 0 spiro atoms. The van der Waals surface area contributed by atoms with Crippen molar-refractivity contribution in [1.82, 2.24) is 10.3 Å². The Hall–Kier alpha value is -1.79. The van der Waals surface area contributed by atoms with Crippen LogP contribution in [0.15, 0.2) is 24.3 Å². The largest absolute Gasteiger partial charge is 0.381 e. The second-order valence-corrected chi connectivity index (χ2v) is 7.85. The fourth-order valence-electron chi connectivity index (χ4n) is 3.23. The van der Waals surface area contributed by atoms with E-state index in [9.17, 15) is 9.59 Å². The number of fused-ring (bicyclic) bond motifs is 1. The minimum absolute atomic E-state index is 0.0688. The van der Waals surface area contributed by atoms with E-state index in [4.69, 9.17) is 4.74 Å². The lowest BCUT2D eigenvalue weighted by Gasteiger charge is -2.24. The maximum Gasteiger partial charge on any atom is 0.226 e. The third-order valence-electron chi connectivity index (χ3n) is 4.77. The Labute approximate surface area is 158 Å². The Bertz CT molecular complexity index is 719. The summed E-state index contributed by atoms with van der Waals surface area (Å²) in [7, 11) is 0. The molecule has 2 heterocycles. The quantitative estimate of drug-likeness (QED) is 0.561. The number of hydrogen-bond donors (Lipinski definition) is 1. The second kappa shape index (κ2) is 9.24. The number of nitrogens with zero attached hydrogens (tertiary/aromatic N) is 1. The van der Waals surface area contributed by atoms with Crippen LogP contribution in [0.25, 0.3) is 10.2 Å². The number of ether oxygens (including phenoxy) is 1. The van der Waals surface area contributed by atoms with E-state index in [-0.39, 0.29) is 17.6 Å². The number of aromatic nitrogens is 1. The minimum Gasteiger partial charge on any atom is -0.381 e. The van der Waals surface area contributed by atoms with Crippen LogP contribution in [-0.2, 0) is 9.53 Å². The minimum atomic E-state index is -0.503. The summed E-state index contributed by atoms with van der Waals surface area (Å²) < 4.78 is 6.41. The number of amides is 1. The molecule has 1 unspecified atom stereocenters. The summed E-state index contributed by atoms with van der Waals surface area (Å²) in [4.78, 5) is 30.1. The van der Waals surface area contributed by atoms with Crippen molar-refractivity contribution in [2.75, 3.05) is 13.2 Å². The Morgan fingerprint density at radius 2 is 2.19 bits per heavy atom. The van der Waals surface area contributed by atoms with E-state index in [1.807, 2.05) is 24.3 Å². The van der Waals surface area contributed by atoms with Crippen molar-refractivity contribution < 1.29 is 14.3 Å². The van der Waals surface area contributed by atoms with Crippen molar-refractivity contribution in [3.8, 4) is 0 Å². The first-order valence-corrected chi connectivity index (χ1v) is 10.3. The van der Waals surface area contributed by atoms with Crippen LogP contribution < -0.4 is 5.32 Å². The molecule has 1 aromatic heterocycles. The molecule has 3 rings (SSSR count). The molecule has 26 heavy (non-hydrogen) atoms. The monoisotopic (exact) mass is 374 g/mol. The van der Waals surface area contributed by atoms with Gasteiger partial charge in [-0.1, -0.05) is 38.3 Å². The summed E-state index contributed by atoms with van der Waals surface area (Å²) in [6.45, 7) is 3.29. The number of carbonyl (C=O) groups is 2. The summed E-state index contributed by atoms with van der Waals surface area (Å²) in [5.41, 5.74) is 0.833. The van der Waals surface area contributed by atoms with Crippen LogP contribution in [0.4, 0.5) is 0 Å². The molecule has 5 nitrogen and oxygen atoms in total. The average Bonchev–Trinajstić information content (AvgIpc) is 3.11. The predicted molar refractivity (Wildman–Crippen MR) is 104 cm³/mol. The summed E-state index contributed by atoms with van der Waals surface area (Å²) >= 11 is 1.40. The smallest absolute Gasteiger partial charge is 0.226 e. The number of benzene rings is 1. The molecule has 6 heteroatoms. The van der Waals surface area contributed by atoms with Crippen LogP contribution in [-0.4, -0.2) is 35.9 Å². The lowest BCUT2D eigenvalue weighted by atomic mass is 9.99. The number of thiazole rings is 1. The van der Waals surface area contributed by atoms with Crippen LogP contribution in [0.2, 0.25) is 0 Å². The number of ketones is 1. The Morgan fingerprint density at radius 3 is 2.92 bits per heavy atom. The van der Waals surface area contributed by atoms with Gasteiger partial charge in [0, 0.05) is 6.61 Å². The molecule has 1 saturated heterocycles. The SMILES string of the molecule is CCCCC[C@H](NC(=O)C1CCCOC1)C(=O)c1nc2ccccc2s1. The fraction of sp³-hybridized carbons (Fsp3) is 0.550. The van der Waals surface area contributed by atoms with E-state index in [1.54, 1.807) is 0 Å². The molecule has 0 radical (unpaired) electrons. The van der Waals surface area contributed by atoms with Crippen LogP contribution in [0.5, 0.6) is 0 Å². The van der Waals surface area contributed by atoms with E-state index < -0.39 is 6.04 Å². The highest BCUT2D eigenvalue weighted by Gasteiger charge is 2.28. The molecule has 0 saturated carbocycles. The first kappa shape index (κ1) is 19.0. The highest BCUT2D eigenvalue weighted by Crippen LogP contribution is 2.24. The molecule has 2 aromatic rings. The van der Waals surface area contributed by atoms with Crippen molar-refractivity contribution in [3.05, 3.63) is 29.3 Å². The highest BCUT2D eigenvalue weighted by molar-refractivity contribution is 7.20. The molecule has 2 atom stereocenters. The van der Waals surface area contributed by atoms with E-state index in [0.717, 1.165) is 42.3 Å². The van der Waals surface area contributed by atoms with Gasteiger partial charge in [0.25, 0.3) is 0 Å². The highest BCUT2D eigenvalue weighted by atomic mass is 32.1. The van der Waals surface area contributed by atoms with Crippen LogP contribution >= 0.6 is 11.3 Å². The molecule has 1 aromatic carbocycles. The Balaban J connectivity index is 1.73. The number of rotatable bonds is 8.